The molecule has 4 heteroatoms. The molecule has 3 saturated carbocycles. The molecule has 2 unspecified atom stereocenters. The summed E-state index contributed by atoms with van der Waals surface area (Å²) in [5, 5.41) is 0. The largest absolute Gasteiger partial charge is 0.681 e. The van der Waals surface area contributed by atoms with Crippen molar-refractivity contribution in [1.82, 2.24) is 0 Å². The monoisotopic (exact) mass is 212 g/mol. The average molecular weight is 212 g/mol. The van der Waals surface area contributed by atoms with Gasteiger partial charge in [0.15, 0.2) is 0 Å². The maximum absolute atomic E-state index is 13.3. The van der Waals surface area contributed by atoms with Crippen LogP contribution in [0.25, 0.3) is 0 Å². The van der Waals surface area contributed by atoms with Gasteiger partial charge in [-0.3, -0.25) is 4.32 Å². The Kier molecular flexibility index (Phi) is 1.63. The molecule has 0 aromatic rings. The van der Waals surface area contributed by atoms with Crippen LogP contribution in [0.2, 0.25) is 0 Å². The summed E-state index contributed by atoms with van der Waals surface area (Å²) in [6.45, 7) is 8.56. The SMILES string of the molecule is CC1(C)C2CC1[C@]1(C)OB(F)O[C@]1(C)C2. The molecular weight excluding hydrogens is 194 g/mol. The van der Waals surface area contributed by atoms with Crippen molar-refractivity contribution in [2.24, 2.45) is 17.3 Å². The van der Waals surface area contributed by atoms with Gasteiger partial charge in [0.1, 0.15) is 0 Å². The highest BCUT2D eigenvalue weighted by Crippen LogP contribution is 2.69. The molecule has 0 spiro atoms. The van der Waals surface area contributed by atoms with Crippen molar-refractivity contribution in [1.29, 1.82) is 0 Å². The number of hydrogen-bond donors (Lipinski definition) is 0. The highest BCUT2D eigenvalue weighted by molar-refractivity contribution is 6.36. The fourth-order valence-corrected chi connectivity index (χ4v) is 4.13. The fraction of sp³-hybridized carbons (Fsp3) is 1.00. The maximum atomic E-state index is 13.3. The predicted molar refractivity (Wildman–Crippen MR) is 55.8 cm³/mol. The Labute approximate surface area is 90.7 Å². The highest BCUT2D eigenvalue weighted by Gasteiger charge is 2.73. The molecule has 2 nitrogen and oxygen atoms in total. The van der Waals surface area contributed by atoms with E-state index >= 15 is 0 Å². The molecule has 0 aromatic heterocycles. The van der Waals surface area contributed by atoms with Crippen LogP contribution in [0.5, 0.6) is 0 Å². The van der Waals surface area contributed by atoms with Crippen molar-refractivity contribution < 1.29 is 13.6 Å². The Morgan fingerprint density at radius 3 is 2.47 bits per heavy atom. The quantitative estimate of drug-likeness (QED) is 0.574. The van der Waals surface area contributed by atoms with Crippen LogP contribution >= 0.6 is 0 Å². The van der Waals surface area contributed by atoms with Gasteiger partial charge in [-0.25, -0.2) is 0 Å². The second-order valence-corrected chi connectivity index (χ2v) is 6.36. The molecule has 84 valence electrons. The summed E-state index contributed by atoms with van der Waals surface area (Å²) < 4.78 is 24.1. The number of hydrogen-bond acceptors (Lipinski definition) is 2. The second kappa shape index (κ2) is 2.43. The third kappa shape index (κ3) is 0.937. The molecule has 0 N–H and O–H groups in total. The van der Waals surface area contributed by atoms with Gasteiger partial charge in [-0.1, -0.05) is 13.8 Å². The van der Waals surface area contributed by atoms with Crippen molar-refractivity contribution in [3.63, 3.8) is 0 Å². The lowest BCUT2D eigenvalue weighted by atomic mass is 9.41. The molecule has 1 aliphatic heterocycles. The lowest BCUT2D eigenvalue weighted by Gasteiger charge is -2.67. The molecule has 0 aromatic carbocycles. The van der Waals surface area contributed by atoms with Crippen molar-refractivity contribution >= 4 is 7.40 Å². The van der Waals surface area contributed by atoms with E-state index in [0.29, 0.717) is 11.8 Å². The van der Waals surface area contributed by atoms with Crippen LogP contribution < -0.4 is 0 Å². The summed E-state index contributed by atoms with van der Waals surface area (Å²) in [4.78, 5) is 0. The Bertz CT molecular complexity index is 322. The third-order valence-corrected chi connectivity index (χ3v) is 5.51. The van der Waals surface area contributed by atoms with Gasteiger partial charge in [0.05, 0.1) is 11.2 Å². The standard InChI is InChI=1S/C11H18BFO2/c1-9(2)7-5-8(9)11(4)10(3,6-7)14-12(13)15-11/h7-8H,5-6H2,1-4H3/t7?,8?,10-,11+/m1/s1. The zero-order valence-corrected chi connectivity index (χ0v) is 9.84. The molecule has 1 heterocycles. The van der Waals surface area contributed by atoms with Crippen molar-refractivity contribution in [2.45, 2.75) is 51.7 Å². The summed E-state index contributed by atoms with van der Waals surface area (Å²) in [6, 6.07) is 0. The Morgan fingerprint density at radius 2 is 1.87 bits per heavy atom. The number of rotatable bonds is 0. The molecule has 4 rings (SSSR count). The van der Waals surface area contributed by atoms with Gasteiger partial charge in [-0.05, 0) is 43.9 Å². The molecule has 4 fully saturated rings. The highest BCUT2D eigenvalue weighted by atomic mass is 19.1. The molecule has 15 heavy (non-hydrogen) atoms. The smallest absolute Gasteiger partial charge is 0.374 e. The molecule has 0 radical (unpaired) electrons. The first-order chi connectivity index (χ1) is 6.80. The van der Waals surface area contributed by atoms with Crippen molar-refractivity contribution in [2.75, 3.05) is 0 Å². The zero-order chi connectivity index (χ0) is 11.1. The summed E-state index contributed by atoms with van der Waals surface area (Å²) in [6.07, 6.45) is 2.09. The van der Waals surface area contributed by atoms with Crippen LogP contribution in [-0.2, 0) is 9.31 Å². The van der Waals surface area contributed by atoms with Crippen LogP contribution in [0.15, 0.2) is 0 Å². The Morgan fingerprint density at radius 1 is 1.20 bits per heavy atom. The van der Waals surface area contributed by atoms with Gasteiger partial charge in [0.2, 0.25) is 0 Å². The fourth-order valence-electron chi connectivity index (χ4n) is 4.13. The molecule has 0 amide bonds. The van der Waals surface area contributed by atoms with Gasteiger partial charge < -0.3 is 9.31 Å². The molecular formula is C11H18BFO2. The first kappa shape index (κ1) is 10.1. The summed E-state index contributed by atoms with van der Waals surface area (Å²) in [5.41, 5.74) is -0.581. The van der Waals surface area contributed by atoms with Gasteiger partial charge >= 0.3 is 7.40 Å². The van der Waals surface area contributed by atoms with E-state index < -0.39 is 18.6 Å². The maximum Gasteiger partial charge on any atom is 0.681 e. The van der Waals surface area contributed by atoms with E-state index in [1.165, 1.54) is 0 Å². The van der Waals surface area contributed by atoms with Gasteiger partial charge in [0.25, 0.3) is 0 Å². The summed E-state index contributed by atoms with van der Waals surface area (Å²) >= 11 is 0. The normalized spacial score (nSPS) is 56.2. The van der Waals surface area contributed by atoms with Gasteiger partial charge in [-0.2, -0.15) is 0 Å². The van der Waals surface area contributed by atoms with Crippen LogP contribution in [0, 0.1) is 17.3 Å². The molecule has 2 bridgehead atoms. The predicted octanol–water partition coefficient (Wildman–Crippen LogP) is 2.57. The lowest BCUT2D eigenvalue weighted by molar-refractivity contribution is -0.235. The van der Waals surface area contributed by atoms with Gasteiger partial charge in [0, 0.05) is 0 Å². The first-order valence-electron chi connectivity index (χ1n) is 5.79. The van der Waals surface area contributed by atoms with Crippen molar-refractivity contribution in [3.05, 3.63) is 0 Å². The molecule has 4 atom stereocenters. The van der Waals surface area contributed by atoms with E-state index in [4.69, 9.17) is 9.31 Å². The molecule has 3 aliphatic carbocycles. The Hall–Kier alpha value is -0.0851. The topological polar surface area (TPSA) is 18.5 Å². The number of halogens is 1. The second-order valence-electron chi connectivity index (χ2n) is 6.36. The van der Waals surface area contributed by atoms with Crippen LogP contribution in [0.4, 0.5) is 4.32 Å². The van der Waals surface area contributed by atoms with E-state index in [0.717, 1.165) is 12.8 Å². The minimum atomic E-state index is -1.53. The van der Waals surface area contributed by atoms with Crippen molar-refractivity contribution in [3.8, 4) is 0 Å². The van der Waals surface area contributed by atoms with E-state index in [2.05, 4.69) is 13.8 Å². The summed E-state index contributed by atoms with van der Waals surface area (Å²) in [5.74, 6) is 1.09. The van der Waals surface area contributed by atoms with Gasteiger partial charge in [-0.15, -0.1) is 0 Å². The zero-order valence-electron chi connectivity index (χ0n) is 9.84. The van der Waals surface area contributed by atoms with Crippen LogP contribution in [0.1, 0.15) is 40.5 Å². The Balaban J connectivity index is 2.02. The first-order valence-corrected chi connectivity index (χ1v) is 5.79. The minimum Gasteiger partial charge on any atom is -0.374 e. The lowest BCUT2D eigenvalue weighted by Crippen LogP contribution is -2.70. The van der Waals surface area contributed by atoms with Crippen LogP contribution in [0.3, 0.4) is 0 Å². The average Bonchev–Trinajstić information content (AvgIpc) is 2.32. The van der Waals surface area contributed by atoms with Crippen LogP contribution in [-0.4, -0.2) is 18.6 Å². The summed E-state index contributed by atoms with van der Waals surface area (Å²) in [7, 11) is -1.53. The van der Waals surface area contributed by atoms with E-state index in [1.54, 1.807) is 0 Å². The van der Waals surface area contributed by atoms with E-state index in [9.17, 15) is 4.32 Å². The molecule has 4 aliphatic rings. The third-order valence-electron chi connectivity index (χ3n) is 5.51. The minimum absolute atomic E-state index is 0.279. The van der Waals surface area contributed by atoms with E-state index in [1.807, 2.05) is 13.8 Å². The van der Waals surface area contributed by atoms with E-state index in [-0.39, 0.29) is 5.41 Å². The molecule has 1 saturated heterocycles.